The van der Waals surface area contributed by atoms with Crippen molar-refractivity contribution in [3.63, 3.8) is 0 Å². The molecule has 3 rings (SSSR count). The number of ether oxygens (including phenoxy) is 1. The first kappa shape index (κ1) is 25.3. The summed E-state index contributed by atoms with van der Waals surface area (Å²) in [4.78, 5) is 41.2. The lowest BCUT2D eigenvalue weighted by Crippen LogP contribution is -2.82. The SMILES string of the molecule is CC(=O)[C@]1(O)[C@@](O)(C(C)=O)CS[C@H](Oc2cncc(-c3ccc(F)cc3Cl)c2)[C@@]1(O)C(C)=O. The van der Waals surface area contributed by atoms with Crippen LogP contribution in [0.1, 0.15) is 20.8 Å². The van der Waals surface area contributed by atoms with Crippen LogP contribution in [0, 0.1) is 5.82 Å². The minimum absolute atomic E-state index is 0.0178. The normalized spacial score (nSPS) is 29.4. The van der Waals surface area contributed by atoms with Gasteiger partial charge in [0.25, 0.3) is 0 Å². The monoisotopic (exact) mass is 497 g/mol. The van der Waals surface area contributed by atoms with Crippen molar-refractivity contribution >= 4 is 40.7 Å². The molecule has 0 bridgehead atoms. The van der Waals surface area contributed by atoms with Gasteiger partial charge in [-0.25, -0.2) is 4.39 Å². The number of carbonyl (C=O) groups is 3. The van der Waals surface area contributed by atoms with Gasteiger partial charge in [0.05, 0.1) is 11.2 Å². The quantitative estimate of drug-likeness (QED) is 0.547. The molecular formula is C22H21ClFNO7S. The highest BCUT2D eigenvalue weighted by Gasteiger charge is 2.75. The van der Waals surface area contributed by atoms with Gasteiger partial charge in [-0.2, -0.15) is 0 Å². The topological polar surface area (TPSA) is 134 Å². The van der Waals surface area contributed by atoms with Gasteiger partial charge in [-0.3, -0.25) is 19.4 Å². The number of nitrogens with zero attached hydrogens (tertiary/aromatic N) is 1. The van der Waals surface area contributed by atoms with E-state index in [4.69, 9.17) is 16.3 Å². The number of benzene rings is 1. The standard InChI is InChI=1S/C22H21ClFNO7S/c1-11(26)20(29)10-33-19(21(30,12(2)27)22(20,31)13(3)28)32-16-6-14(8-25-9-16)17-5-4-15(24)7-18(17)23/h4-9,19,29-31H,10H2,1-3H3/t19-,20-,21-,22-/m0/s1. The number of Topliss-reactive ketones (excluding diaryl/α,β-unsaturated/α-hetero) is 3. The number of rotatable bonds is 6. The third kappa shape index (κ3) is 3.85. The molecule has 0 amide bonds. The van der Waals surface area contributed by atoms with Gasteiger partial charge >= 0.3 is 0 Å². The van der Waals surface area contributed by atoms with Gasteiger partial charge < -0.3 is 20.1 Å². The second-order valence-electron chi connectivity index (χ2n) is 7.80. The Hall–Kier alpha value is -2.37. The van der Waals surface area contributed by atoms with E-state index < -0.39 is 51.2 Å². The van der Waals surface area contributed by atoms with E-state index in [1.54, 1.807) is 0 Å². The average molecular weight is 498 g/mol. The van der Waals surface area contributed by atoms with Crippen LogP contribution in [-0.2, 0) is 14.4 Å². The largest absolute Gasteiger partial charge is 0.474 e. The van der Waals surface area contributed by atoms with E-state index in [2.05, 4.69) is 4.98 Å². The van der Waals surface area contributed by atoms with E-state index >= 15 is 0 Å². The molecule has 176 valence electrons. The summed E-state index contributed by atoms with van der Waals surface area (Å²) in [6.45, 7) is 2.70. The molecule has 11 heteroatoms. The second-order valence-corrected chi connectivity index (χ2v) is 9.26. The maximum Gasteiger partial charge on any atom is 0.208 e. The second kappa shape index (κ2) is 8.77. The fourth-order valence-corrected chi connectivity index (χ4v) is 5.68. The summed E-state index contributed by atoms with van der Waals surface area (Å²) < 4.78 is 19.1. The highest BCUT2D eigenvalue weighted by Crippen LogP contribution is 2.49. The number of hydrogen-bond donors (Lipinski definition) is 3. The molecule has 1 aliphatic heterocycles. The summed E-state index contributed by atoms with van der Waals surface area (Å²) in [6.07, 6.45) is 2.68. The molecule has 0 saturated carbocycles. The van der Waals surface area contributed by atoms with Crippen molar-refractivity contribution in [3.05, 3.63) is 47.5 Å². The third-order valence-electron chi connectivity index (χ3n) is 5.76. The van der Waals surface area contributed by atoms with Gasteiger partial charge in [0.2, 0.25) is 5.60 Å². The lowest BCUT2D eigenvalue weighted by atomic mass is 9.65. The number of hydrogen-bond acceptors (Lipinski definition) is 9. The van der Waals surface area contributed by atoms with Crippen molar-refractivity contribution in [1.82, 2.24) is 4.98 Å². The summed E-state index contributed by atoms with van der Waals surface area (Å²) in [6, 6.07) is 5.20. The first-order valence-electron chi connectivity index (χ1n) is 9.68. The van der Waals surface area contributed by atoms with Crippen LogP contribution in [0.2, 0.25) is 5.02 Å². The summed E-state index contributed by atoms with van der Waals surface area (Å²) in [7, 11) is 0. The van der Waals surface area contributed by atoms with Gasteiger partial charge in [0, 0.05) is 23.1 Å². The van der Waals surface area contributed by atoms with Crippen molar-refractivity contribution in [1.29, 1.82) is 0 Å². The predicted molar refractivity (Wildman–Crippen MR) is 118 cm³/mol. The van der Waals surface area contributed by atoms with Crippen molar-refractivity contribution < 1.29 is 38.8 Å². The summed E-state index contributed by atoms with van der Waals surface area (Å²) in [5.41, 5.74) is -9.62. The number of ketones is 3. The minimum atomic E-state index is -3.17. The van der Waals surface area contributed by atoms with E-state index in [0.717, 1.165) is 26.8 Å². The highest BCUT2D eigenvalue weighted by molar-refractivity contribution is 8.00. The number of thioether (sulfide) groups is 1. The molecule has 2 aromatic rings. The van der Waals surface area contributed by atoms with Crippen molar-refractivity contribution in [2.45, 2.75) is 43.0 Å². The van der Waals surface area contributed by atoms with E-state index in [1.807, 2.05) is 0 Å². The molecule has 3 N–H and O–H groups in total. The van der Waals surface area contributed by atoms with Crippen LogP contribution in [0.4, 0.5) is 4.39 Å². The average Bonchev–Trinajstić information content (AvgIpc) is 2.74. The molecule has 1 aromatic carbocycles. The molecule has 33 heavy (non-hydrogen) atoms. The molecule has 2 heterocycles. The maximum atomic E-state index is 13.4. The fraction of sp³-hybridized carbons (Fsp3) is 0.364. The molecule has 0 aliphatic carbocycles. The minimum Gasteiger partial charge on any atom is -0.474 e. The summed E-state index contributed by atoms with van der Waals surface area (Å²) in [5.74, 6) is -4.32. The number of aliphatic hydroxyl groups is 3. The van der Waals surface area contributed by atoms with E-state index in [1.165, 1.54) is 30.6 Å². The van der Waals surface area contributed by atoms with Gasteiger partial charge in [0.15, 0.2) is 34.0 Å². The van der Waals surface area contributed by atoms with Crippen LogP contribution in [0.5, 0.6) is 5.75 Å². The number of carbonyl (C=O) groups excluding carboxylic acids is 3. The molecule has 1 aliphatic rings. The predicted octanol–water partition coefficient (Wildman–Crippen LogP) is 1.95. The lowest BCUT2D eigenvalue weighted by Gasteiger charge is -2.54. The Balaban J connectivity index is 2.06. The van der Waals surface area contributed by atoms with Crippen LogP contribution >= 0.6 is 23.4 Å². The summed E-state index contributed by atoms with van der Waals surface area (Å²) in [5, 5.41) is 33.6. The Morgan fingerprint density at radius 1 is 1.09 bits per heavy atom. The summed E-state index contributed by atoms with van der Waals surface area (Å²) >= 11 is 6.78. The van der Waals surface area contributed by atoms with E-state index in [9.17, 15) is 34.1 Å². The van der Waals surface area contributed by atoms with Crippen LogP contribution < -0.4 is 4.74 Å². The Morgan fingerprint density at radius 3 is 2.30 bits per heavy atom. The van der Waals surface area contributed by atoms with Gasteiger partial charge in [-0.15, -0.1) is 11.8 Å². The number of halogens is 2. The molecule has 4 atom stereocenters. The smallest absolute Gasteiger partial charge is 0.208 e. The zero-order chi connectivity index (χ0) is 24.8. The van der Waals surface area contributed by atoms with Gasteiger partial charge in [-0.05, 0) is 45.0 Å². The lowest BCUT2D eigenvalue weighted by molar-refractivity contribution is -0.236. The molecule has 1 aromatic heterocycles. The molecule has 1 fully saturated rings. The van der Waals surface area contributed by atoms with Crippen LogP contribution in [-0.4, -0.2) is 65.6 Å². The first-order chi connectivity index (χ1) is 15.3. The number of pyridine rings is 1. The Bertz CT molecular complexity index is 1150. The fourth-order valence-electron chi connectivity index (χ4n) is 3.84. The van der Waals surface area contributed by atoms with Gasteiger partial charge in [0.1, 0.15) is 11.6 Å². The first-order valence-corrected chi connectivity index (χ1v) is 11.1. The highest BCUT2D eigenvalue weighted by atomic mass is 35.5. The third-order valence-corrected chi connectivity index (χ3v) is 7.40. The molecule has 0 spiro atoms. The molecule has 1 saturated heterocycles. The molecule has 0 radical (unpaired) electrons. The van der Waals surface area contributed by atoms with Crippen LogP contribution in [0.25, 0.3) is 11.1 Å². The molecular weight excluding hydrogens is 477 g/mol. The Labute approximate surface area is 197 Å². The molecule has 0 unspecified atom stereocenters. The van der Waals surface area contributed by atoms with Crippen molar-refractivity contribution in [2.75, 3.05) is 5.75 Å². The van der Waals surface area contributed by atoms with Crippen molar-refractivity contribution in [3.8, 4) is 16.9 Å². The maximum absolute atomic E-state index is 13.4. The van der Waals surface area contributed by atoms with Gasteiger partial charge in [-0.1, -0.05) is 11.6 Å². The number of aromatic nitrogens is 1. The molecule has 8 nitrogen and oxygen atoms in total. The van der Waals surface area contributed by atoms with Crippen molar-refractivity contribution in [2.24, 2.45) is 0 Å². The van der Waals surface area contributed by atoms with E-state index in [-0.39, 0.29) is 10.8 Å². The Kier molecular flexibility index (Phi) is 6.71. The zero-order valence-corrected chi connectivity index (χ0v) is 19.4. The zero-order valence-electron chi connectivity index (χ0n) is 17.8. The van der Waals surface area contributed by atoms with E-state index in [0.29, 0.717) is 22.9 Å². The van der Waals surface area contributed by atoms with Crippen LogP contribution in [0.3, 0.4) is 0 Å². The Morgan fingerprint density at radius 2 is 1.76 bits per heavy atom. The van der Waals surface area contributed by atoms with Crippen LogP contribution in [0.15, 0.2) is 36.7 Å².